The number of rotatable bonds is 10. The fourth-order valence-corrected chi connectivity index (χ4v) is 1.80. The molecule has 9 heteroatoms. The topological polar surface area (TPSA) is 165 Å². The van der Waals surface area contributed by atoms with E-state index in [4.69, 9.17) is 11.5 Å². The Morgan fingerprint density at radius 3 is 2.04 bits per heavy atom. The van der Waals surface area contributed by atoms with Crippen molar-refractivity contribution in [1.82, 2.24) is 10.6 Å². The highest BCUT2D eigenvalue weighted by atomic mass is 16.4. The molecule has 0 spiro atoms. The Morgan fingerprint density at radius 2 is 1.65 bits per heavy atom. The standard InChI is InChI=1S/C14H26N4O5/c1-4-7(2)11(14(22)23)18-13(21)9(5-6-10(16)19)17-12(20)8(3)15/h7-9,11H,4-6,15H2,1-3H3,(H2,16,19)(H,17,20)(H,18,21)(H,22,23). The fraction of sp³-hybridized carbons (Fsp3) is 0.714. The molecular weight excluding hydrogens is 304 g/mol. The van der Waals surface area contributed by atoms with E-state index in [1.54, 1.807) is 13.8 Å². The summed E-state index contributed by atoms with van der Waals surface area (Å²) >= 11 is 0. The maximum Gasteiger partial charge on any atom is 0.326 e. The van der Waals surface area contributed by atoms with Crippen LogP contribution in [0.4, 0.5) is 0 Å². The Labute approximate surface area is 135 Å². The number of hydrogen-bond acceptors (Lipinski definition) is 5. The van der Waals surface area contributed by atoms with Gasteiger partial charge in [0.05, 0.1) is 6.04 Å². The number of hydrogen-bond donors (Lipinski definition) is 5. The second-order valence-corrected chi connectivity index (χ2v) is 5.56. The summed E-state index contributed by atoms with van der Waals surface area (Å²) in [6.07, 6.45) is 0.389. The number of aliphatic carboxylic acids is 1. The van der Waals surface area contributed by atoms with Crippen LogP contribution in [-0.4, -0.2) is 46.9 Å². The lowest BCUT2D eigenvalue weighted by molar-refractivity contribution is -0.144. The van der Waals surface area contributed by atoms with E-state index < -0.39 is 41.8 Å². The summed E-state index contributed by atoms with van der Waals surface area (Å²) in [5.74, 6) is -3.36. The van der Waals surface area contributed by atoms with Gasteiger partial charge in [0, 0.05) is 6.42 Å². The first kappa shape index (κ1) is 20.8. The van der Waals surface area contributed by atoms with E-state index >= 15 is 0 Å². The third-order valence-electron chi connectivity index (χ3n) is 3.50. The first-order chi connectivity index (χ1) is 10.6. The van der Waals surface area contributed by atoms with Crippen LogP contribution in [0.3, 0.4) is 0 Å². The van der Waals surface area contributed by atoms with Crippen molar-refractivity contribution >= 4 is 23.7 Å². The molecule has 4 atom stereocenters. The molecule has 0 bridgehead atoms. The average Bonchev–Trinajstić information content (AvgIpc) is 2.46. The molecule has 0 aliphatic carbocycles. The van der Waals surface area contributed by atoms with Crippen LogP contribution in [-0.2, 0) is 19.2 Å². The van der Waals surface area contributed by atoms with Crippen molar-refractivity contribution in [3.8, 4) is 0 Å². The molecule has 23 heavy (non-hydrogen) atoms. The number of carbonyl (C=O) groups is 4. The van der Waals surface area contributed by atoms with Crippen LogP contribution in [0.15, 0.2) is 0 Å². The summed E-state index contributed by atoms with van der Waals surface area (Å²) < 4.78 is 0. The van der Waals surface area contributed by atoms with Gasteiger partial charge in [-0.05, 0) is 19.3 Å². The molecule has 4 unspecified atom stereocenters. The lowest BCUT2D eigenvalue weighted by Crippen LogP contribution is -2.55. The normalized spacial score (nSPS) is 15.8. The maximum absolute atomic E-state index is 12.3. The van der Waals surface area contributed by atoms with Gasteiger partial charge in [0.15, 0.2) is 0 Å². The number of carboxylic acids is 1. The van der Waals surface area contributed by atoms with Crippen molar-refractivity contribution in [1.29, 1.82) is 0 Å². The summed E-state index contributed by atoms with van der Waals surface area (Å²) in [6.45, 7) is 4.94. The van der Waals surface area contributed by atoms with Gasteiger partial charge in [-0.2, -0.15) is 0 Å². The van der Waals surface area contributed by atoms with Crippen molar-refractivity contribution in [2.75, 3.05) is 0 Å². The van der Waals surface area contributed by atoms with E-state index in [0.717, 1.165) is 0 Å². The zero-order valence-electron chi connectivity index (χ0n) is 13.7. The van der Waals surface area contributed by atoms with E-state index in [1.165, 1.54) is 6.92 Å². The molecule has 0 aromatic heterocycles. The number of primary amides is 1. The molecule has 9 nitrogen and oxygen atoms in total. The molecule has 3 amide bonds. The SMILES string of the molecule is CCC(C)C(NC(=O)C(CCC(N)=O)NC(=O)C(C)N)C(=O)O. The van der Waals surface area contributed by atoms with Crippen molar-refractivity contribution in [2.24, 2.45) is 17.4 Å². The summed E-state index contributed by atoms with van der Waals surface area (Å²) in [7, 11) is 0. The van der Waals surface area contributed by atoms with Gasteiger partial charge in [-0.1, -0.05) is 20.3 Å². The summed E-state index contributed by atoms with van der Waals surface area (Å²) in [4.78, 5) is 46.1. The van der Waals surface area contributed by atoms with Gasteiger partial charge >= 0.3 is 5.97 Å². The van der Waals surface area contributed by atoms with Gasteiger partial charge in [0.25, 0.3) is 0 Å². The molecule has 0 saturated heterocycles. The highest BCUT2D eigenvalue weighted by Crippen LogP contribution is 2.09. The minimum atomic E-state index is -1.17. The Morgan fingerprint density at radius 1 is 1.09 bits per heavy atom. The Kier molecular flexibility index (Phi) is 8.86. The minimum Gasteiger partial charge on any atom is -0.480 e. The third kappa shape index (κ3) is 7.59. The Balaban J connectivity index is 5.04. The van der Waals surface area contributed by atoms with Gasteiger partial charge in [0.2, 0.25) is 17.7 Å². The smallest absolute Gasteiger partial charge is 0.326 e. The van der Waals surface area contributed by atoms with E-state index in [2.05, 4.69) is 10.6 Å². The molecule has 0 radical (unpaired) electrons. The van der Waals surface area contributed by atoms with Gasteiger partial charge in [-0.3, -0.25) is 14.4 Å². The molecule has 0 saturated carbocycles. The Bertz CT molecular complexity index is 452. The molecule has 0 aliphatic rings. The number of carbonyl (C=O) groups excluding carboxylic acids is 3. The van der Waals surface area contributed by atoms with E-state index in [1.807, 2.05) is 0 Å². The molecular formula is C14H26N4O5. The molecule has 0 heterocycles. The van der Waals surface area contributed by atoms with Gasteiger partial charge in [-0.15, -0.1) is 0 Å². The third-order valence-corrected chi connectivity index (χ3v) is 3.50. The maximum atomic E-state index is 12.3. The fourth-order valence-electron chi connectivity index (χ4n) is 1.80. The largest absolute Gasteiger partial charge is 0.480 e. The molecule has 0 fully saturated rings. The predicted molar refractivity (Wildman–Crippen MR) is 83.0 cm³/mol. The van der Waals surface area contributed by atoms with E-state index in [0.29, 0.717) is 6.42 Å². The number of amides is 3. The van der Waals surface area contributed by atoms with Gasteiger partial charge in [0.1, 0.15) is 12.1 Å². The number of carboxylic acid groups (broad SMARTS) is 1. The lowest BCUT2D eigenvalue weighted by atomic mass is 9.98. The van der Waals surface area contributed by atoms with Crippen LogP contribution in [0.2, 0.25) is 0 Å². The first-order valence-corrected chi connectivity index (χ1v) is 7.47. The zero-order chi connectivity index (χ0) is 18.2. The van der Waals surface area contributed by atoms with Gasteiger partial charge in [-0.25, -0.2) is 4.79 Å². The predicted octanol–water partition coefficient (Wildman–Crippen LogP) is -1.30. The van der Waals surface area contributed by atoms with Crippen molar-refractivity contribution in [2.45, 2.75) is 58.2 Å². The van der Waals surface area contributed by atoms with Crippen LogP contribution >= 0.6 is 0 Å². The highest BCUT2D eigenvalue weighted by molar-refractivity contribution is 5.92. The summed E-state index contributed by atoms with van der Waals surface area (Å²) in [5, 5.41) is 14.0. The zero-order valence-corrected chi connectivity index (χ0v) is 13.7. The van der Waals surface area contributed by atoms with Crippen LogP contribution in [0.5, 0.6) is 0 Å². The van der Waals surface area contributed by atoms with Crippen LogP contribution < -0.4 is 22.1 Å². The Hall–Kier alpha value is -2.16. The molecule has 0 aromatic rings. The van der Waals surface area contributed by atoms with Crippen LogP contribution in [0.1, 0.15) is 40.0 Å². The van der Waals surface area contributed by atoms with Crippen LogP contribution in [0.25, 0.3) is 0 Å². The van der Waals surface area contributed by atoms with E-state index in [9.17, 15) is 24.3 Å². The highest BCUT2D eigenvalue weighted by Gasteiger charge is 2.30. The lowest BCUT2D eigenvalue weighted by Gasteiger charge is -2.24. The molecule has 132 valence electrons. The second kappa shape index (κ2) is 9.78. The molecule has 0 aliphatic heterocycles. The summed E-state index contributed by atoms with van der Waals surface area (Å²) in [6, 6.07) is -3.01. The molecule has 0 rings (SSSR count). The van der Waals surface area contributed by atoms with Crippen molar-refractivity contribution in [3.05, 3.63) is 0 Å². The minimum absolute atomic E-state index is 0.0352. The van der Waals surface area contributed by atoms with Crippen LogP contribution in [0, 0.1) is 5.92 Å². The van der Waals surface area contributed by atoms with Crippen molar-refractivity contribution < 1.29 is 24.3 Å². The quantitative estimate of drug-likeness (QED) is 0.334. The van der Waals surface area contributed by atoms with Crippen molar-refractivity contribution in [3.63, 3.8) is 0 Å². The van der Waals surface area contributed by atoms with E-state index in [-0.39, 0.29) is 18.8 Å². The average molecular weight is 330 g/mol. The second-order valence-electron chi connectivity index (χ2n) is 5.56. The molecule has 0 aromatic carbocycles. The summed E-state index contributed by atoms with van der Waals surface area (Å²) in [5.41, 5.74) is 10.5. The monoisotopic (exact) mass is 330 g/mol. The number of nitrogens with two attached hydrogens (primary N) is 2. The number of nitrogens with one attached hydrogen (secondary N) is 2. The molecule has 7 N–H and O–H groups in total. The van der Waals surface area contributed by atoms with Gasteiger partial charge < -0.3 is 27.2 Å². The first-order valence-electron chi connectivity index (χ1n) is 7.47.